The highest BCUT2D eigenvalue weighted by molar-refractivity contribution is 6.35. The maximum atomic E-state index is 11.6. The van der Waals surface area contributed by atoms with E-state index in [4.69, 9.17) is 5.11 Å². The third-order valence-corrected chi connectivity index (χ3v) is 3.04. The highest BCUT2D eigenvalue weighted by atomic mass is 16.4. The van der Waals surface area contributed by atoms with Crippen LogP contribution in [0.4, 0.5) is 0 Å². The number of nitrogens with one attached hydrogen (secondary N) is 2. The standard InChI is InChI=1S/C17H15N3O4/c21-15(18-10-12-4-2-1-3-5-12)16(22)20-19-11-13-6-8-14(9-7-13)17(23)24/h1-9,11H,10H2,(H,18,21)(H,20,22)(H,23,24). The van der Waals surface area contributed by atoms with Crippen LogP contribution in [0.15, 0.2) is 59.7 Å². The smallest absolute Gasteiger partial charge is 0.335 e. The van der Waals surface area contributed by atoms with Crippen molar-refractivity contribution in [2.45, 2.75) is 6.54 Å². The van der Waals surface area contributed by atoms with Crippen molar-refractivity contribution in [1.29, 1.82) is 0 Å². The predicted octanol–water partition coefficient (Wildman–Crippen LogP) is 1.15. The van der Waals surface area contributed by atoms with E-state index >= 15 is 0 Å². The van der Waals surface area contributed by atoms with E-state index in [9.17, 15) is 14.4 Å². The van der Waals surface area contributed by atoms with Gasteiger partial charge in [-0.1, -0.05) is 42.5 Å². The van der Waals surface area contributed by atoms with Gasteiger partial charge in [-0.15, -0.1) is 0 Å². The largest absolute Gasteiger partial charge is 0.478 e. The normalized spacial score (nSPS) is 10.3. The number of hydrogen-bond donors (Lipinski definition) is 3. The molecule has 0 aromatic heterocycles. The molecule has 2 aromatic carbocycles. The Morgan fingerprint density at radius 1 is 0.958 bits per heavy atom. The molecule has 0 fully saturated rings. The number of benzene rings is 2. The van der Waals surface area contributed by atoms with Crippen molar-refractivity contribution in [3.63, 3.8) is 0 Å². The number of carboxylic acid groups (broad SMARTS) is 1. The Bertz CT molecular complexity index is 755. The first kappa shape index (κ1) is 16.9. The SMILES string of the molecule is O=C(NCc1ccccc1)C(=O)NN=Cc1ccc(C(=O)O)cc1. The number of nitrogens with zero attached hydrogens (tertiary/aromatic N) is 1. The molecule has 0 aliphatic carbocycles. The Hall–Kier alpha value is -3.48. The Labute approximate surface area is 138 Å². The zero-order valence-corrected chi connectivity index (χ0v) is 12.6. The molecular weight excluding hydrogens is 310 g/mol. The van der Waals surface area contributed by atoms with Crippen molar-refractivity contribution >= 4 is 24.0 Å². The molecule has 0 saturated carbocycles. The molecule has 0 spiro atoms. The molecule has 7 heteroatoms. The van der Waals surface area contributed by atoms with Crippen molar-refractivity contribution < 1.29 is 19.5 Å². The lowest BCUT2D eigenvalue weighted by molar-refractivity contribution is -0.139. The monoisotopic (exact) mass is 325 g/mol. The minimum atomic E-state index is -1.03. The number of aromatic carboxylic acids is 1. The molecule has 122 valence electrons. The van der Waals surface area contributed by atoms with Gasteiger partial charge in [-0.25, -0.2) is 10.2 Å². The highest BCUT2D eigenvalue weighted by Gasteiger charge is 2.11. The summed E-state index contributed by atoms with van der Waals surface area (Å²) in [4.78, 5) is 33.9. The second-order valence-electron chi connectivity index (χ2n) is 4.79. The maximum Gasteiger partial charge on any atom is 0.335 e. The molecule has 2 rings (SSSR count). The summed E-state index contributed by atoms with van der Waals surface area (Å²) in [6.07, 6.45) is 1.31. The van der Waals surface area contributed by atoms with E-state index in [-0.39, 0.29) is 12.1 Å². The number of hydrazone groups is 1. The molecule has 0 atom stereocenters. The molecule has 2 aromatic rings. The van der Waals surface area contributed by atoms with Crippen LogP contribution in [0.3, 0.4) is 0 Å². The van der Waals surface area contributed by atoms with Gasteiger partial charge in [0.25, 0.3) is 0 Å². The molecule has 0 radical (unpaired) electrons. The van der Waals surface area contributed by atoms with Gasteiger partial charge in [-0.2, -0.15) is 5.10 Å². The van der Waals surface area contributed by atoms with Gasteiger partial charge in [0.15, 0.2) is 0 Å². The van der Waals surface area contributed by atoms with Gasteiger partial charge in [-0.05, 0) is 23.3 Å². The molecule has 0 saturated heterocycles. The molecule has 0 aliphatic heterocycles. The second-order valence-corrected chi connectivity index (χ2v) is 4.79. The van der Waals surface area contributed by atoms with Crippen LogP contribution in [0.25, 0.3) is 0 Å². The lowest BCUT2D eigenvalue weighted by Crippen LogP contribution is -2.37. The summed E-state index contributed by atoms with van der Waals surface area (Å²) in [5.41, 5.74) is 3.72. The average molecular weight is 325 g/mol. The van der Waals surface area contributed by atoms with Gasteiger partial charge in [-0.3, -0.25) is 9.59 Å². The van der Waals surface area contributed by atoms with Crippen LogP contribution in [0.2, 0.25) is 0 Å². The minimum Gasteiger partial charge on any atom is -0.478 e. The zero-order valence-electron chi connectivity index (χ0n) is 12.6. The summed E-state index contributed by atoms with van der Waals surface area (Å²) < 4.78 is 0. The van der Waals surface area contributed by atoms with E-state index in [0.29, 0.717) is 5.56 Å². The van der Waals surface area contributed by atoms with E-state index in [2.05, 4.69) is 15.8 Å². The molecule has 0 unspecified atom stereocenters. The number of carbonyl (C=O) groups excluding carboxylic acids is 2. The highest BCUT2D eigenvalue weighted by Crippen LogP contribution is 2.02. The second kappa shape index (κ2) is 8.23. The van der Waals surface area contributed by atoms with Crippen molar-refractivity contribution in [2.24, 2.45) is 5.10 Å². The van der Waals surface area contributed by atoms with Crippen LogP contribution in [0, 0.1) is 0 Å². The first-order chi connectivity index (χ1) is 11.6. The van der Waals surface area contributed by atoms with Crippen molar-refractivity contribution in [3.05, 3.63) is 71.3 Å². The minimum absolute atomic E-state index is 0.150. The van der Waals surface area contributed by atoms with Crippen LogP contribution < -0.4 is 10.7 Å². The fraction of sp³-hybridized carbons (Fsp3) is 0.0588. The van der Waals surface area contributed by atoms with Gasteiger partial charge in [0.05, 0.1) is 11.8 Å². The lowest BCUT2D eigenvalue weighted by atomic mass is 10.1. The van der Waals surface area contributed by atoms with E-state index in [1.54, 1.807) is 0 Å². The fourth-order valence-electron chi connectivity index (χ4n) is 1.79. The Kier molecular flexibility index (Phi) is 5.79. The Morgan fingerprint density at radius 2 is 1.62 bits per heavy atom. The van der Waals surface area contributed by atoms with Gasteiger partial charge >= 0.3 is 17.8 Å². The number of carboxylic acids is 1. The van der Waals surface area contributed by atoms with Crippen LogP contribution in [0.5, 0.6) is 0 Å². The maximum absolute atomic E-state index is 11.6. The van der Waals surface area contributed by atoms with Crippen molar-refractivity contribution in [1.82, 2.24) is 10.7 Å². The van der Waals surface area contributed by atoms with Crippen molar-refractivity contribution in [3.8, 4) is 0 Å². The molecule has 0 bridgehead atoms. The molecule has 0 heterocycles. The first-order valence-corrected chi connectivity index (χ1v) is 7.05. The molecule has 3 N–H and O–H groups in total. The van der Waals surface area contributed by atoms with Gasteiger partial charge < -0.3 is 10.4 Å². The van der Waals surface area contributed by atoms with Crippen LogP contribution >= 0.6 is 0 Å². The third kappa shape index (κ3) is 5.06. The predicted molar refractivity (Wildman–Crippen MR) is 87.4 cm³/mol. The summed E-state index contributed by atoms with van der Waals surface area (Å²) in [6, 6.07) is 15.1. The van der Waals surface area contributed by atoms with E-state index < -0.39 is 17.8 Å². The van der Waals surface area contributed by atoms with Crippen LogP contribution in [-0.2, 0) is 16.1 Å². The number of carbonyl (C=O) groups is 3. The topological polar surface area (TPSA) is 108 Å². The van der Waals surface area contributed by atoms with Crippen LogP contribution in [-0.4, -0.2) is 29.1 Å². The lowest BCUT2D eigenvalue weighted by Gasteiger charge is -2.03. The number of hydrogen-bond acceptors (Lipinski definition) is 4. The molecule has 24 heavy (non-hydrogen) atoms. The number of amides is 2. The molecule has 7 nitrogen and oxygen atoms in total. The van der Waals surface area contributed by atoms with Gasteiger partial charge in [0.2, 0.25) is 0 Å². The molecule has 2 amide bonds. The summed E-state index contributed by atoms with van der Waals surface area (Å²) in [5, 5.41) is 14.9. The Balaban J connectivity index is 1.81. The van der Waals surface area contributed by atoms with Crippen molar-refractivity contribution in [2.75, 3.05) is 0 Å². The summed E-state index contributed by atoms with van der Waals surface area (Å²) >= 11 is 0. The Morgan fingerprint density at radius 3 is 2.25 bits per heavy atom. The molecular formula is C17H15N3O4. The number of rotatable bonds is 5. The molecule has 0 aliphatic rings. The average Bonchev–Trinajstić information content (AvgIpc) is 2.61. The van der Waals surface area contributed by atoms with Crippen LogP contribution in [0.1, 0.15) is 21.5 Å². The van der Waals surface area contributed by atoms with Gasteiger partial charge in [0, 0.05) is 6.54 Å². The summed E-state index contributed by atoms with van der Waals surface area (Å²) in [5.74, 6) is -2.71. The van der Waals surface area contributed by atoms with E-state index in [1.807, 2.05) is 30.3 Å². The first-order valence-electron chi connectivity index (χ1n) is 7.05. The van der Waals surface area contributed by atoms with E-state index in [1.165, 1.54) is 30.5 Å². The zero-order chi connectivity index (χ0) is 17.4. The van der Waals surface area contributed by atoms with Gasteiger partial charge in [0.1, 0.15) is 0 Å². The summed E-state index contributed by atoms with van der Waals surface area (Å²) in [7, 11) is 0. The third-order valence-electron chi connectivity index (χ3n) is 3.04. The fourth-order valence-corrected chi connectivity index (χ4v) is 1.79. The summed E-state index contributed by atoms with van der Waals surface area (Å²) in [6.45, 7) is 0.244. The quantitative estimate of drug-likeness (QED) is 0.435. The van der Waals surface area contributed by atoms with E-state index in [0.717, 1.165) is 5.56 Å².